The zero-order chi connectivity index (χ0) is 15.3. The van der Waals surface area contributed by atoms with Crippen molar-refractivity contribution in [3.63, 3.8) is 0 Å². The molecule has 0 aliphatic heterocycles. The summed E-state index contributed by atoms with van der Waals surface area (Å²) in [5.74, 6) is -0.00715. The molecule has 1 atom stereocenters. The lowest BCUT2D eigenvalue weighted by Crippen LogP contribution is -2.36. The third kappa shape index (κ3) is 6.73. The van der Waals surface area contributed by atoms with Gasteiger partial charge in [0.15, 0.2) is 0 Å². The van der Waals surface area contributed by atoms with E-state index in [1.165, 1.54) is 6.07 Å². The van der Waals surface area contributed by atoms with E-state index in [1.807, 2.05) is 13.8 Å². The van der Waals surface area contributed by atoms with Crippen LogP contribution in [0.2, 0.25) is 0 Å². The van der Waals surface area contributed by atoms with Crippen molar-refractivity contribution >= 4 is 24.0 Å². The summed E-state index contributed by atoms with van der Waals surface area (Å²) in [5, 5.41) is 2.60. The SMILES string of the molecule is Cc1ccc(NC(=O)[C@@H](N)CC(C)C)cc1OC(F)F.Cl. The van der Waals surface area contributed by atoms with Gasteiger partial charge in [-0.3, -0.25) is 4.79 Å². The predicted octanol–water partition coefficient (Wildman–Crippen LogP) is 3.33. The van der Waals surface area contributed by atoms with Gasteiger partial charge in [-0.05, 0) is 30.9 Å². The first-order valence-corrected chi connectivity index (χ1v) is 6.41. The van der Waals surface area contributed by atoms with Crippen molar-refractivity contribution in [2.75, 3.05) is 5.32 Å². The number of carbonyl (C=O) groups excluding carboxylic acids is 1. The van der Waals surface area contributed by atoms with Crippen LogP contribution in [0, 0.1) is 12.8 Å². The highest BCUT2D eigenvalue weighted by atomic mass is 35.5. The molecule has 3 N–H and O–H groups in total. The zero-order valence-electron chi connectivity index (χ0n) is 12.2. The van der Waals surface area contributed by atoms with Gasteiger partial charge < -0.3 is 15.8 Å². The Kier molecular flexibility index (Phi) is 8.21. The molecule has 0 bridgehead atoms. The summed E-state index contributed by atoms with van der Waals surface area (Å²) in [6.45, 7) is 2.68. The Labute approximate surface area is 129 Å². The fourth-order valence-electron chi connectivity index (χ4n) is 1.75. The molecule has 4 nitrogen and oxygen atoms in total. The highest BCUT2D eigenvalue weighted by molar-refractivity contribution is 5.94. The van der Waals surface area contributed by atoms with E-state index in [9.17, 15) is 13.6 Å². The number of nitrogens with one attached hydrogen (secondary N) is 1. The van der Waals surface area contributed by atoms with Gasteiger partial charge in [0.05, 0.1) is 6.04 Å². The van der Waals surface area contributed by atoms with E-state index >= 15 is 0 Å². The van der Waals surface area contributed by atoms with Crippen molar-refractivity contribution in [1.82, 2.24) is 0 Å². The maximum Gasteiger partial charge on any atom is 0.387 e. The van der Waals surface area contributed by atoms with Gasteiger partial charge in [0.1, 0.15) is 5.75 Å². The lowest BCUT2D eigenvalue weighted by Gasteiger charge is -2.15. The molecule has 0 spiro atoms. The Morgan fingerprint density at radius 3 is 2.52 bits per heavy atom. The summed E-state index contributed by atoms with van der Waals surface area (Å²) in [4.78, 5) is 11.8. The maximum absolute atomic E-state index is 12.2. The molecule has 0 unspecified atom stereocenters. The largest absolute Gasteiger partial charge is 0.434 e. The fourth-order valence-corrected chi connectivity index (χ4v) is 1.75. The van der Waals surface area contributed by atoms with Crippen molar-refractivity contribution in [2.45, 2.75) is 39.8 Å². The quantitative estimate of drug-likeness (QED) is 0.844. The number of halogens is 3. The second kappa shape index (κ2) is 8.79. The van der Waals surface area contributed by atoms with Crippen LogP contribution in [-0.4, -0.2) is 18.6 Å². The van der Waals surface area contributed by atoms with Crippen LogP contribution in [0.25, 0.3) is 0 Å². The van der Waals surface area contributed by atoms with Crippen LogP contribution in [0.3, 0.4) is 0 Å². The van der Waals surface area contributed by atoms with Crippen molar-refractivity contribution in [2.24, 2.45) is 11.7 Å². The van der Waals surface area contributed by atoms with Crippen LogP contribution < -0.4 is 15.8 Å². The lowest BCUT2D eigenvalue weighted by molar-refractivity contribution is -0.117. The number of amides is 1. The van der Waals surface area contributed by atoms with Gasteiger partial charge in [0, 0.05) is 11.8 Å². The molecular formula is C14H21ClF2N2O2. The average molecular weight is 323 g/mol. The van der Waals surface area contributed by atoms with E-state index in [1.54, 1.807) is 19.1 Å². The number of nitrogens with two attached hydrogens (primary N) is 1. The minimum absolute atomic E-state index is 0. The van der Waals surface area contributed by atoms with Crippen LogP contribution in [-0.2, 0) is 4.79 Å². The Hall–Kier alpha value is -1.40. The van der Waals surface area contributed by atoms with Crippen LogP contribution >= 0.6 is 12.4 Å². The number of carbonyl (C=O) groups is 1. The molecule has 0 aliphatic carbocycles. The Morgan fingerprint density at radius 2 is 2.00 bits per heavy atom. The first kappa shape index (κ1) is 19.6. The van der Waals surface area contributed by atoms with Crippen LogP contribution in [0.15, 0.2) is 18.2 Å². The van der Waals surface area contributed by atoms with E-state index in [-0.39, 0.29) is 24.1 Å². The average Bonchev–Trinajstić information content (AvgIpc) is 2.31. The second-order valence-electron chi connectivity index (χ2n) is 5.08. The first-order valence-electron chi connectivity index (χ1n) is 6.41. The summed E-state index contributed by atoms with van der Waals surface area (Å²) in [5.41, 5.74) is 6.70. The summed E-state index contributed by atoms with van der Waals surface area (Å²) >= 11 is 0. The molecule has 0 heterocycles. The molecule has 0 saturated heterocycles. The van der Waals surface area contributed by atoms with Gasteiger partial charge in [-0.15, -0.1) is 12.4 Å². The minimum Gasteiger partial charge on any atom is -0.434 e. The maximum atomic E-state index is 12.2. The van der Waals surface area contributed by atoms with Crippen molar-refractivity contribution < 1.29 is 18.3 Å². The predicted molar refractivity (Wildman–Crippen MR) is 81.1 cm³/mol. The molecule has 0 radical (unpaired) electrons. The van der Waals surface area contributed by atoms with Gasteiger partial charge in [-0.1, -0.05) is 19.9 Å². The summed E-state index contributed by atoms with van der Waals surface area (Å²) in [6, 6.07) is 3.95. The van der Waals surface area contributed by atoms with Gasteiger partial charge in [-0.25, -0.2) is 0 Å². The smallest absolute Gasteiger partial charge is 0.387 e. The molecule has 0 fully saturated rings. The van der Waals surface area contributed by atoms with Crippen molar-refractivity contribution in [1.29, 1.82) is 0 Å². The van der Waals surface area contributed by atoms with Crippen LogP contribution in [0.5, 0.6) is 5.75 Å². The van der Waals surface area contributed by atoms with Crippen molar-refractivity contribution in [3.8, 4) is 5.75 Å². The Balaban J connectivity index is 0.00000400. The topological polar surface area (TPSA) is 64.4 Å². The molecule has 1 amide bonds. The second-order valence-corrected chi connectivity index (χ2v) is 5.08. The van der Waals surface area contributed by atoms with Gasteiger partial charge in [-0.2, -0.15) is 8.78 Å². The highest BCUT2D eigenvalue weighted by Gasteiger charge is 2.16. The molecule has 120 valence electrons. The van der Waals surface area contributed by atoms with Crippen LogP contribution in [0.1, 0.15) is 25.8 Å². The van der Waals surface area contributed by atoms with E-state index in [0.29, 0.717) is 23.6 Å². The van der Waals surface area contributed by atoms with E-state index in [0.717, 1.165) is 0 Å². The number of hydrogen-bond donors (Lipinski definition) is 2. The number of aryl methyl sites for hydroxylation is 1. The molecule has 0 aliphatic rings. The Bertz CT molecular complexity index is 470. The standard InChI is InChI=1S/C14H20F2N2O2.ClH/c1-8(2)6-11(17)13(19)18-10-5-4-9(3)12(7-10)20-14(15)16;/h4-5,7-8,11,14H,6,17H2,1-3H3,(H,18,19);1H/t11-;/m0./s1. The zero-order valence-corrected chi connectivity index (χ0v) is 13.0. The monoisotopic (exact) mass is 322 g/mol. The lowest BCUT2D eigenvalue weighted by atomic mass is 10.0. The van der Waals surface area contributed by atoms with Gasteiger partial charge in [0.2, 0.25) is 5.91 Å². The number of benzene rings is 1. The number of hydrogen-bond acceptors (Lipinski definition) is 3. The van der Waals surface area contributed by atoms with E-state index < -0.39 is 12.7 Å². The van der Waals surface area contributed by atoms with E-state index in [4.69, 9.17) is 5.73 Å². The number of alkyl halides is 2. The van der Waals surface area contributed by atoms with E-state index in [2.05, 4.69) is 10.1 Å². The molecule has 1 rings (SSSR count). The number of rotatable bonds is 6. The molecule has 0 saturated carbocycles. The normalized spacial score (nSPS) is 12.0. The molecule has 1 aromatic rings. The summed E-state index contributed by atoms with van der Waals surface area (Å²) < 4.78 is 28.9. The minimum atomic E-state index is -2.90. The summed E-state index contributed by atoms with van der Waals surface area (Å²) in [6.07, 6.45) is 0.554. The van der Waals surface area contributed by atoms with Crippen LogP contribution in [0.4, 0.5) is 14.5 Å². The molecule has 0 aromatic heterocycles. The molecule has 1 aromatic carbocycles. The van der Waals surface area contributed by atoms with Crippen molar-refractivity contribution in [3.05, 3.63) is 23.8 Å². The third-order valence-corrected chi connectivity index (χ3v) is 2.73. The fraction of sp³-hybridized carbons (Fsp3) is 0.500. The molecule has 7 heteroatoms. The third-order valence-electron chi connectivity index (χ3n) is 2.73. The first-order chi connectivity index (χ1) is 9.29. The highest BCUT2D eigenvalue weighted by Crippen LogP contribution is 2.24. The Morgan fingerprint density at radius 1 is 1.38 bits per heavy atom. The number of ether oxygens (including phenoxy) is 1. The van der Waals surface area contributed by atoms with Gasteiger partial charge in [0.25, 0.3) is 0 Å². The van der Waals surface area contributed by atoms with Gasteiger partial charge >= 0.3 is 6.61 Å². The summed E-state index contributed by atoms with van der Waals surface area (Å²) in [7, 11) is 0. The molecule has 21 heavy (non-hydrogen) atoms. The molecular weight excluding hydrogens is 302 g/mol. The number of anilines is 1.